The summed E-state index contributed by atoms with van der Waals surface area (Å²) in [5, 5.41) is 4.05. The SMILES string of the molecule is CCOc1ccc(-c2noc(CCC(=O)N3CCC4CCCCC4C3)n2)cc1. The molecule has 1 aromatic heterocycles. The first-order valence-corrected chi connectivity index (χ1v) is 10.6. The number of piperidine rings is 1. The molecular weight excluding hydrogens is 354 g/mol. The molecule has 6 nitrogen and oxygen atoms in total. The minimum Gasteiger partial charge on any atom is -0.494 e. The molecule has 2 unspecified atom stereocenters. The summed E-state index contributed by atoms with van der Waals surface area (Å²) in [7, 11) is 0. The molecule has 0 radical (unpaired) electrons. The number of fused-ring (bicyclic) bond motifs is 1. The summed E-state index contributed by atoms with van der Waals surface area (Å²) >= 11 is 0. The number of hydrogen-bond donors (Lipinski definition) is 0. The van der Waals surface area contributed by atoms with E-state index in [-0.39, 0.29) is 5.91 Å². The van der Waals surface area contributed by atoms with Crippen molar-refractivity contribution in [3.05, 3.63) is 30.2 Å². The van der Waals surface area contributed by atoms with Gasteiger partial charge in [0.1, 0.15) is 5.75 Å². The summed E-state index contributed by atoms with van der Waals surface area (Å²) in [6.45, 7) is 4.43. The molecule has 2 fully saturated rings. The quantitative estimate of drug-likeness (QED) is 0.751. The van der Waals surface area contributed by atoms with Crippen molar-refractivity contribution in [2.45, 2.75) is 51.9 Å². The molecule has 1 amide bonds. The van der Waals surface area contributed by atoms with Crippen LogP contribution in [-0.2, 0) is 11.2 Å². The first kappa shape index (κ1) is 19.0. The summed E-state index contributed by atoms with van der Waals surface area (Å²) in [5.74, 6) is 3.65. The zero-order chi connectivity index (χ0) is 19.3. The summed E-state index contributed by atoms with van der Waals surface area (Å²) in [5.41, 5.74) is 0.879. The minimum absolute atomic E-state index is 0.213. The number of amides is 1. The van der Waals surface area contributed by atoms with Crippen LogP contribution in [0.3, 0.4) is 0 Å². The molecule has 1 saturated heterocycles. The third-order valence-corrected chi connectivity index (χ3v) is 6.09. The van der Waals surface area contributed by atoms with Crippen LogP contribution in [0, 0.1) is 11.8 Å². The molecule has 2 aromatic rings. The lowest BCUT2D eigenvalue weighted by molar-refractivity contribution is -0.134. The van der Waals surface area contributed by atoms with E-state index in [9.17, 15) is 4.79 Å². The molecule has 1 aliphatic heterocycles. The average molecular weight is 383 g/mol. The number of hydrogen-bond acceptors (Lipinski definition) is 5. The third kappa shape index (κ3) is 4.37. The lowest BCUT2D eigenvalue weighted by Gasteiger charge is -2.41. The summed E-state index contributed by atoms with van der Waals surface area (Å²) < 4.78 is 10.8. The Kier molecular flexibility index (Phi) is 5.93. The molecule has 0 spiro atoms. The van der Waals surface area contributed by atoms with E-state index >= 15 is 0 Å². The van der Waals surface area contributed by atoms with E-state index in [0.717, 1.165) is 30.3 Å². The number of carbonyl (C=O) groups excluding carboxylic acids is 1. The Morgan fingerprint density at radius 2 is 1.96 bits per heavy atom. The van der Waals surface area contributed by atoms with Gasteiger partial charge in [0, 0.05) is 31.5 Å². The largest absolute Gasteiger partial charge is 0.494 e. The van der Waals surface area contributed by atoms with Gasteiger partial charge in [0.05, 0.1) is 6.61 Å². The number of benzene rings is 1. The summed E-state index contributed by atoms with van der Waals surface area (Å²) in [6, 6.07) is 7.62. The Morgan fingerprint density at radius 3 is 2.75 bits per heavy atom. The Labute approximate surface area is 166 Å². The zero-order valence-electron chi connectivity index (χ0n) is 16.6. The van der Waals surface area contributed by atoms with E-state index in [2.05, 4.69) is 15.0 Å². The second kappa shape index (κ2) is 8.76. The molecule has 2 aliphatic rings. The van der Waals surface area contributed by atoms with Crippen LogP contribution < -0.4 is 4.74 Å². The number of ether oxygens (including phenoxy) is 1. The van der Waals surface area contributed by atoms with Gasteiger partial charge in [0.15, 0.2) is 0 Å². The molecule has 1 aliphatic carbocycles. The molecule has 2 heterocycles. The van der Waals surface area contributed by atoms with Crippen molar-refractivity contribution in [3.8, 4) is 17.1 Å². The maximum absolute atomic E-state index is 12.6. The fourth-order valence-electron chi connectivity index (χ4n) is 4.54. The maximum atomic E-state index is 12.6. The molecule has 1 saturated carbocycles. The molecule has 4 rings (SSSR count). The number of carbonyl (C=O) groups is 1. The standard InChI is InChI=1S/C22H29N3O3/c1-2-27-19-9-7-17(8-10-19)22-23-20(28-24-22)11-12-21(26)25-14-13-16-5-3-4-6-18(16)15-25/h7-10,16,18H,2-6,11-15H2,1H3. The Hall–Kier alpha value is -2.37. The topological polar surface area (TPSA) is 68.5 Å². The van der Waals surface area contributed by atoms with Crippen molar-refractivity contribution in [2.75, 3.05) is 19.7 Å². The normalized spacial score (nSPS) is 22.0. The molecule has 150 valence electrons. The molecule has 6 heteroatoms. The Morgan fingerprint density at radius 1 is 1.18 bits per heavy atom. The smallest absolute Gasteiger partial charge is 0.227 e. The van der Waals surface area contributed by atoms with Crippen molar-refractivity contribution in [3.63, 3.8) is 0 Å². The zero-order valence-corrected chi connectivity index (χ0v) is 16.6. The van der Waals surface area contributed by atoms with E-state index in [4.69, 9.17) is 9.26 Å². The fraction of sp³-hybridized carbons (Fsp3) is 0.591. The second-order valence-corrected chi connectivity index (χ2v) is 7.90. The van der Waals surface area contributed by atoms with Crippen LogP contribution in [0.25, 0.3) is 11.4 Å². The van der Waals surface area contributed by atoms with E-state index in [1.807, 2.05) is 31.2 Å². The van der Waals surface area contributed by atoms with Gasteiger partial charge in [-0.1, -0.05) is 24.4 Å². The van der Waals surface area contributed by atoms with Gasteiger partial charge in [-0.05, 0) is 55.9 Å². The van der Waals surface area contributed by atoms with E-state index in [0.29, 0.717) is 37.1 Å². The number of aryl methyl sites for hydroxylation is 1. The van der Waals surface area contributed by atoms with Crippen molar-refractivity contribution in [1.29, 1.82) is 0 Å². The number of rotatable bonds is 6. The van der Waals surface area contributed by atoms with Crippen LogP contribution in [-0.4, -0.2) is 40.6 Å². The molecule has 0 N–H and O–H groups in total. The third-order valence-electron chi connectivity index (χ3n) is 6.09. The van der Waals surface area contributed by atoms with Gasteiger partial charge in [-0.3, -0.25) is 4.79 Å². The predicted molar refractivity (Wildman–Crippen MR) is 106 cm³/mol. The monoisotopic (exact) mass is 383 g/mol. The van der Waals surface area contributed by atoms with Crippen LogP contribution in [0.15, 0.2) is 28.8 Å². The van der Waals surface area contributed by atoms with Gasteiger partial charge in [0.2, 0.25) is 17.6 Å². The second-order valence-electron chi connectivity index (χ2n) is 7.90. The van der Waals surface area contributed by atoms with Crippen LogP contribution in [0.1, 0.15) is 51.3 Å². The Balaban J connectivity index is 1.30. The highest BCUT2D eigenvalue weighted by molar-refractivity contribution is 5.76. The summed E-state index contributed by atoms with van der Waals surface area (Å²) in [6.07, 6.45) is 7.41. The van der Waals surface area contributed by atoms with Gasteiger partial charge in [-0.25, -0.2) is 0 Å². The fourth-order valence-corrected chi connectivity index (χ4v) is 4.54. The maximum Gasteiger partial charge on any atom is 0.227 e. The van der Waals surface area contributed by atoms with E-state index < -0.39 is 0 Å². The molecule has 28 heavy (non-hydrogen) atoms. The van der Waals surface area contributed by atoms with Gasteiger partial charge in [0.25, 0.3) is 0 Å². The highest BCUT2D eigenvalue weighted by Crippen LogP contribution is 2.36. The molecule has 0 bridgehead atoms. The number of likely N-dealkylation sites (tertiary alicyclic amines) is 1. The lowest BCUT2D eigenvalue weighted by atomic mass is 9.75. The van der Waals surface area contributed by atoms with Crippen LogP contribution >= 0.6 is 0 Å². The average Bonchev–Trinajstić information content (AvgIpc) is 3.21. The Bertz CT molecular complexity index is 787. The number of aromatic nitrogens is 2. The number of nitrogens with zero attached hydrogens (tertiary/aromatic N) is 3. The first-order chi connectivity index (χ1) is 13.7. The van der Waals surface area contributed by atoms with Crippen LogP contribution in [0.4, 0.5) is 0 Å². The molecule has 2 atom stereocenters. The summed E-state index contributed by atoms with van der Waals surface area (Å²) in [4.78, 5) is 19.1. The predicted octanol–water partition coefficient (Wildman–Crippen LogP) is 4.11. The van der Waals surface area contributed by atoms with Crippen molar-refractivity contribution in [2.24, 2.45) is 11.8 Å². The lowest BCUT2D eigenvalue weighted by Crippen LogP contribution is -2.44. The minimum atomic E-state index is 0.213. The van der Waals surface area contributed by atoms with Gasteiger partial charge in [-0.15, -0.1) is 0 Å². The van der Waals surface area contributed by atoms with Crippen molar-refractivity contribution in [1.82, 2.24) is 15.0 Å². The van der Waals surface area contributed by atoms with Crippen LogP contribution in [0.2, 0.25) is 0 Å². The molecule has 1 aromatic carbocycles. The van der Waals surface area contributed by atoms with E-state index in [1.165, 1.54) is 32.1 Å². The highest BCUT2D eigenvalue weighted by atomic mass is 16.5. The highest BCUT2D eigenvalue weighted by Gasteiger charge is 2.32. The van der Waals surface area contributed by atoms with Crippen molar-refractivity contribution >= 4 is 5.91 Å². The van der Waals surface area contributed by atoms with Gasteiger partial charge in [-0.2, -0.15) is 4.98 Å². The first-order valence-electron chi connectivity index (χ1n) is 10.6. The molecular formula is C22H29N3O3. The van der Waals surface area contributed by atoms with Gasteiger partial charge >= 0.3 is 0 Å². The van der Waals surface area contributed by atoms with Crippen LogP contribution in [0.5, 0.6) is 5.75 Å². The van der Waals surface area contributed by atoms with Gasteiger partial charge < -0.3 is 14.2 Å². The van der Waals surface area contributed by atoms with E-state index in [1.54, 1.807) is 0 Å². The van der Waals surface area contributed by atoms with Crippen molar-refractivity contribution < 1.29 is 14.1 Å².